The Morgan fingerprint density at radius 3 is 2.61 bits per heavy atom. The molecule has 3 rings (SSSR count). The van der Waals surface area contributed by atoms with Gasteiger partial charge in [-0.2, -0.15) is 0 Å². The smallest absolute Gasteiger partial charge is 0.128 e. The van der Waals surface area contributed by atoms with Gasteiger partial charge in [-0.1, -0.05) is 30.5 Å². The van der Waals surface area contributed by atoms with Crippen molar-refractivity contribution >= 4 is 0 Å². The van der Waals surface area contributed by atoms with E-state index in [1.165, 1.54) is 36.8 Å². The van der Waals surface area contributed by atoms with Crippen molar-refractivity contribution in [3.05, 3.63) is 47.2 Å². The summed E-state index contributed by atoms with van der Waals surface area (Å²) in [6.07, 6.45) is 5.35. The lowest BCUT2D eigenvalue weighted by atomic mass is 10.0. The lowest BCUT2D eigenvalue weighted by Gasteiger charge is -2.14. The highest BCUT2D eigenvalue weighted by molar-refractivity contribution is 5.68. The van der Waals surface area contributed by atoms with Gasteiger partial charge in [0.25, 0.3) is 0 Å². The second kappa shape index (κ2) is 7.14. The number of nitrogens with one attached hydrogen (secondary N) is 1. The molecule has 1 aliphatic rings. The van der Waals surface area contributed by atoms with Gasteiger partial charge in [-0.05, 0) is 50.5 Å². The first-order chi connectivity index (χ1) is 11.2. The molecule has 0 spiro atoms. The molecule has 3 nitrogen and oxygen atoms in total. The molecule has 23 heavy (non-hydrogen) atoms. The van der Waals surface area contributed by atoms with Gasteiger partial charge in [-0.3, -0.25) is 4.98 Å². The molecule has 1 aromatic carbocycles. The second-order valence-electron chi connectivity index (χ2n) is 6.51. The number of pyridine rings is 1. The third-order valence-electron chi connectivity index (χ3n) is 4.76. The number of nitrogens with zero attached hydrogens (tertiary/aromatic N) is 1. The van der Waals surface area contributed by atoms with Gasteiger partial charge in [0.15, 0.2) is 0 Å². The average Bonchev–Trinajstić information content (AvgIpc) is 3.07. The molecule has 2 aromatic rings. The van der Waals surface area contributed by atoms with E-state index in [0.717, 1.165) is 29.2 Å². The summed E-state index contributed by atoms with van der Waals surface area (Å²) in [6.45, 7) is 5.10. The minimum atomic E-state index is 0.686. The zero-order valence-corrected chi connectivity index (χ0v) is 14.4. The largest absolute Gasteiger partial charge is 0.496 e. The van der Waals surface area contributed by atoms with Gasteiger partial charge in [0, 0.05) is 23.8 Å². The Kier molecular flexibility index (Phi) is 4.97. The van der Waals surface area contributed by atoms with Gasteiger partial charge in [0.2, 0.25) is 0 Å². The highest BCUT2D eigenvalue weighted by Gasteiger charge is 2.15. The van der Waals surface area contributed by atoms with E-state index in [1.807, 2.05) is 6.07 Å². The molecule has 1 fully saturated rings. The number of aryl methyl sites for hydroxylation is 2. The van der Waals surface area contributed by atoms with E-state index in [2.05, 4.69) is 43.4 Å². The van der Waals surface area contributed by atoms with E-state index in [1.54, 1.807) is 7.11 Å². The molecule has 0 saturated heterocycles. The standard InChI is InChI=1S/C20H26N2O/c1-14-8-11-20(23-3)18(12-14)19-10-9-16(15(2)22-19)13-21-17-6-4-5-7-17/h8-12,17,21H,4-7,13H2,1-3H3. The van der Waals surface area contributed by atoms with Crippen LogP contribution in [0.4, 0.5) is 0 Å². The van der Waals surface area contributed by atoms with Gasteiger partial charge >= 0.3 is 0 Å². The van der Waals surface area contributed by atoms with Gasteiger partial charge in [0.05, 0.1) is 12.8 Å². The Bertz CT molecular complexity index is 675. The highest BCUT2D eigenvalue weighted by atomic mass is 16.5. The Morgan fingerprint density at radius 1 is 1.13 bits per heavy atom. The molecule has 122 valence electrons. The number of rotatable bonds is 5. The summed E-state index contributed by atoms with van der Waals surface area (Å²) in [5.74, 6) is 0.874. The summed E-state index contributed by atoms with van der Waals surface area (Å²) in [5, 5.41) is 3.66. The summed E-state index contributed by atoms with van der Waals surface area (Å²) in [6, 6.07) is 11.2. The van der Waals surface area contributed by atoms with Crippen LogP contribution in [0.5, 0.6) is 5.75 Å². The third kappa shape index (κ3) is 3.73. The molecule has 0 atom stereocenters. The quantitative estimate of drug-likeness (QED) is 0.888. The molecule has 1 aliphatic carbocycles. The van der Waals surface area contributed by atoms with Crippen molar-refractivity contribution < 1.29 is 4.74 Å². The number of hydrogen-bond donors (Lipinski definition) is 1. The van der Waals surface area contributed by atoms with Crippen molar-refractivity contribution in [1.29, 1.82) is 0 Å². The predicted octanol–water partition coefficient (Wildman–Crippen LogP) is 4.41. The zero-order valence-electron chi connectivity index (χ0n) is 14.4. The number of aromatic nitrogens is 1. The SMILES string of the molecule is COc1ccc(C)cc1-c1ccc(CNC2CCCC2)c(C)n1. The Hall–Kier alpha value is -1.87. The Labute approximate surface area is 139 Å². The normalized spacial score (nSPS) is 15.1. The molecule has 1 heterocycles. The summed E-state index contributed by atoms with van der Waals surface area (Å²) < 4.78 is 5.49. The fourth-order valence-electron chi connectivity index (χ4n) is 3.33. The monoisotopic (exact) mass is 310 g/mol. The number of methoxy groups -OCH3 is 1. The molecule has 0 unspecified atom stereocenters. The van der Waals surface area contributed by atoms with Crippen LogP contribution in [0.15, 0.2) is 30.3 Å². The molecule has 1 aromatic heterocycles. The first-order valence-corrected chi connectivity index (χ1v) is 8.52. The molecular weight excluding hydrogens is 284 g/mol. The molecule has 0 radical (unpaired) electrons. The number of ether oxygens (including phenoxy) is 1. The number of benzene rings is 1. The van der Waals surface area contributed by atoms with E-state index in [0.29, 0.717) is 6.04 Å². The van der Waals surface area contributed by atoms with E-state index < -0.39 is 0 Å². The van der Waals surface area contributed by atoms with Crippen LogP contribution in [-0.4, -0.2) is 18.1 Å². The Morgan fingerprint density at radius 2 is 1.91 bits per heavy atom. The highest BCUT2D eigenvalue weighted by Crippen LogP contribution is 2.30. The van der Waals surface area contributed by atoms with Crippen LogP contribution in [0.1, 0.15) is 42.5 Å². The molecule has 0 aliphatic heterocycles. The van der Waals surface area contributed by atoms with Crippen molar-refractivity contribution in [2.75, 3.05) is 7.11 Å². The van der Waals surface area contributed by atoms with Gasteiger partial charge in [-0.15, -0.1) is 0 Å². The van der Waals surface area contributed by atoms with E-state index in [4.69, 9.17) is 9.72 Å². The number of hydrogen-bond acceptors (Lipinski definition) is 3. The maximum Gasteiger partial charge on any atom is 0.128 e. The van der Waals surface area contributed by atoms with Crippen LogP contribution in [0.2, 0.25) is 0 Å². The van der Waals surface area contributed by atoms with Crippen LogP contribution in [0, 0.1) is 13.8 Å². The van der Waals surface area contributed by atoms with Crippen LogP contribution < -0.4 is 10.1 Å². The maximum atomic E-state index is 5.49. The van der Waals surface area contributed by atoms with Crippen molar-refractivity contribution in [2.45, 2.75) is 52.1 Å². The van der Waals surface area contributed by atoms with Crippen molar-refractivity contribution in [1.82, 2.24) is 10.3 Å². The molecule has 0 amide bonds. The maximum absolute atomic E-state index is 5.49. The van der Waals surface area contributed by atoms with Gasteiger partial charge < -0.3 is 10.1 Å². The topological polar surface area (TPSA) is 34.1 Å². The van der Waals surface area contributed by atoms with E-state index >= 15 is 0 Å². The summed E-state index contributed by atoms with van der Waals surface area (Å²) in [5.41, 5.74) is 5.63. The van der Waals surface area contributed by atoms with Crippen molar-refractivity contribution in [3.8, 4) is 17.0 Å². The van der Waals surface area contributed by atoms with Crippen LogP contribution in [0.25, 0.3) is 11.3 Å². The molecule has 1 N–H and O–H groups in total. The zero-order chi connectivity index (χ0) is 16.2. The average molecular weight is 310 g/mol. The lowest BCUT2D eigenvalue weighted by Crippen LogP contribution is -2.25. The lowest BCUT2D eigenvalue weighted by molar-refractivity contribution is 0.416. The Balaban J connectivity index is 1.80. The van der Waals surface area contributed by atoms with Crippen LogP contribution >= 0.6 is 0 Å². The minimum Gasteiger partial charge on any atom is -0.496 e. The molecular formula is C20H26N2O. The predicted molar refractivity (Wildman–Crippen MR) is 94.8 cm³/mol. The van der Waals surface area contributed by atoms with Gasteiger partial charge in [-0.25, -0.2) is 0 Å². The summed E-state index contributed by atoms with van der Waals surface area (Å²) in [4.78, 5) is 4.82. The first-order valence-electron chi connectivity index (χ1n) is 8.52. The van der Waals surface area contributed by atoms with E-state index in [-0.39, 0.29) is 0 Å². The van der Waals surface area contributed by atoms with E-state index in [9.17, 15) is 0 Å². The third-order valence-corrected chi connectivity index (χ3v) is 4.76. The van der Waals surface area contributed by atoms with Crippen LogP contribution in [-0.2, 0) is 6.54 Å². The first kappa shape index (κ1) is 16.0. The van der Waals surface area contributed by atoms with Gasteiger partial charge in [0.1, 0.15) is 5.75 Å². The summed E-state index contributed by atoms with van der Waals surface area (Å²) >= 11 is 0. The van der Waals surface area contributed by atoms with Crippen LogP contribution in [0.3, 0.4) is 0 Å². The molecule has 1 saturated carbocycles. The van der Waals surface area contributed by atoms with Crippen molar-refractivity contribution in [3.63, 3.8) is 0 Å². The molecule has 3 heteroatoms. The summed E-state index contributed by atoms with van der Waals surface area (Å²) in [7, 11) is 1.71. The fourth-order valence-corrected chi connectivity index (χ4v) is 3.33. The minimum absolute atomic E-state index is 0.686. The fraction of sp³-hybridized carbons (Fsp3) is 0.450. The van der Waals surface area contributed by atoms with Crippen molar-refractivity contribution in [2.24, 2.45) is 0 Å². The molecule has 0 bridgehead atoms. The second-order valence-corrected chi connectivity index (χ2v) is 6.51.